The molecule has 0 aromatic heterocycles. The van der Waals surface area contributed by atoms with Crippen molar-refractivity contribution in [2.24, 2.45) is 4.99 Å². The number of amides is 1. The number of aliphatic imine (C=N–C) groups is 1. The van der Waals surface area contributed by atoms with E-state index in [0.717, 1.165) is 35.0 Å². The first-order valence-electron chi connectivity index (χ1n) is 9.71. The molecular weight excluding hydrogens is 473 g/mol. The van der Waals surface area contributed by atoms with Crippen molar-refractivity contribution in [2.45, 2.75) is 12.8 Å². The minimum atomic E-state index is -4.46. The van der Waals surface area contributed by atoms with Crippen molar-refractivity contribution >= 4 is 46.2 Å². The van der Waals surface area contributed by atoms with E-state index in [2.05, 4.69) is 10.3 Å². The Bertz CT molecular complexity index is 1240. The molecule has 168 valence electrons. The number of hydrogen-bond donors (Lipinski definition) is 1. The number of amidine groups is 1. The van der Waals surface area contributed by atoms with Crippen LogP contribution in [0.25, 0.3) is 6.08 Å². The Balaban J connectivity index is 1.43. The molecule has 1 fully saturated rings. The third kappa shape index (κ3) is 5.97. The summed E-state index contributed by atoms with van der Waals surface area (Å²) >= 11 is 7.19. The second-order valence-electron chi connectivity index (χ2n) is 6.98. The number of nitrogens with zero attached hydrogens (tertiary/aromatic N) is 1. The third-order valence-electron chi connectivity index (χ3n) is 4.59. The maximum atomic E-state index is 12.9. The number of carbonyl (C=O) groups excluding carboxylic acids is 1. The van der Waals surface area contributed by atoms with E-state index in [1.54, 1.807) is 36.4 Å². The zero-order chi connectivity index (χ0) is 23.4. The molecule has 1 aliphatic heterocycles. The highest BCUT2D eigenvalue weighted by molar-refractivity contribution is 8.18. The number of thioether (sulfide) groups is 1. The molecule has 0 unspecified atom stereocenters. The van der Waals surface area contributed by atoms with Crippen LogP contribution in [0.3, 0.4) is 0 Å². The molecule has 1 amide bonds. The van der Waals surface area contributed by atoms with Gasteiger partial charge in [0.25, 0.3) is 5.91 Å². The fourth-order valence-corrected chi connectivity index (χ4v) is 3.97. The molecule has 0 atom stereocenters. The topological polar surface area (TPSA) is 50.7 Å². The van der Waals surface area contributed by atoms with Crippen molar-refractivity contribution in [1.29, 1.82) is 0 Å². The van der Waals surface area contributed by atoms with E-state index in [1.165, 1.54) is 12.1 Å². The van der Waals surface area contributed by atoms with Crippen LogP contribution in [0.5, 0.6) is 5.75 Å². The van der Waals surface area contributed by atoms with Crippen LogP contribution in [0.15, 0.2) is 82.7 Å². The lowest BCUT2D eigenvalue weighted by molar-refractivity contribution is -0.137. The van der Waals surface area contributed by atoms with Gasteiger partial charge in [-0.1, -0.05) is 48.0 Å². The lowest BCUT2D eigenvalue weighted by Gasteiger charge is -2.08. The Labute approximate surface area is 197 Å². The number of carbonyl (C=O) groups is 1. The average molecular weight is 489 g/mol. The molecule has 0 bridgehead atoms. The lowest BCUT2D eigenvalue weighted by Crippen LogP contribution is -2.19. The van der Waals surface area contributed by atoms with E-state index in [0.29, 0.717) is 22.3 Å². The van der Waals surface area contributed by atoms with Gasteiger partial charge in [-0.2, -0.15) is 13.2 Å². The van der Waals surface area contributed by atoms with E-state index < -0.39 is 11.7 Å². The van der Waals surface area contributed by atoms with Crippen LogP contribution in [0.1, 0.15) is 16.7 Å². The molecule has 3 aromatic carbocycles. The molecule has 0 radical (unpaired) electrons. The number of benzene rings is 3. The molecule has 1 saturated heterocycles. The van der Waals surface area contributed by atoms with Crippen molar-refractivity contribution in [1.82, 2.24) is 5.32 Å². The van der Waals surface area contributed by atoms with E-state index >= 15 is 0 Å². The molecule has 1 aliphatic rings. The summed E-state index contributed by atoms with van der Waals surface area (Å²) in [4.78, 5) is 16.8. The SMILES string of the molecule is O=C1NC(=Nc2cccc(C(F)(F)F)c2)SC1=Cc1ccc(OCc2ccccc2Cl)cc1. The molecule has 9 heteroatoms. The molecule has 0 spiro atoms. The fraction of sp³-hybridized carbons (Fsp3) is 0.0833. The quantitative estimate of drug-likeness (QED) is 0.400. The van der Waals surface area contributed by atoms with Gasteiger partial charge in [0.2, 0.25) is 0 Å². The van der Waals surface area contributed by atoms with Gasteiger partial charge in [-0.25, -0.2) is 4.99 Å². The van der Waals surface area contributed by atoms with Gasteiger partial charge in [0.15, 0.2) is 5.17 Å². The first kappa shape index (κ1) is 22.9. The highest BCUT2D eigenvalue weighted by atomic mass is 35.5. The summed E-state index contributed by atoms with van der Waals surface area (Å²) in [5.41, 5.74) is 0.940. The lowest BCUT2D eigenvalue weighted by atomic mass is 10.2. The summed E-state index contributed by atoms with van der Waals surface area (Å²) in [5, 5.41) is 3.42. The van der Waals surface area contributed by atoms with Crippen molar-refractivity contribution < 1.29 is 22.7 Å². The van der Waals surface area contributed by atoms with E-state index in [4.69, 9.17) is 16.3 Å². The van der Waals surface area contributed by atoms with Crippen LogP contribution in [0.2, 0.25) is 5.02 Å². The maximum absolute atomic E-state index is 12.9. The number of nitrogens with one attached hydrogen (secondary N) is 1. The second-order valence-corrected chi connectivity index (χ2v) is 8.42. The highest BCUT2D eigenvalue weighted by Crippen LogP contribution is 2.33. The molecule has 1 heterocycles. The van der Waals surface area contributed by atoms with Crippen LogP contribution in [0, 0.1) is 0 Å². The highest BCUT2D eigenvalue weighted by Gasteiger charge is 2.30. The Morgan fingerprint density at radius 2 is 1.79 bits per heavy atom. The number of alkyl halides is 3. The van der Waals surface area contributed by atoms with Crippen molar-refractivity contribution in [3.05, 3.63) is 99.4 Å². The third-order valence-corrected chi connectivity index (χ3v) is 5.86. The van der Waals surface area contributed by atoms with Gasteiger partial charge in [0.1, 0.15) is 12.4 Å². The van der Waals surface area contributed by atoms with Crippen molar-refractivity contribution in [3.8, 4) is 5.75 Å². The Hall–Kier alpha value is -3.23. The first-order valence-corrected chi connectivity index (χ1v) is 10.9. The van der Waals surface area contributed by atoms with Crippen molar-refractivity contribution in [3.63, 3.8) is 0 Å². The minimum Gasteiger partial charge on any atom is -0.489 e. The molecule has 1 N–H and O–H groups in total. The van der Waals surface area contributed by atoms with Gasteiger partial charge >= 0.3 is 6.18 Å². The maximum Gasteiger partial charge on any atom is 0.416 e. The zero-order valence-corrected chi connectivity index (χ0v) is 18.5. The van der Waals surface area contributed by atoms with Crippen LogP contribution >= 0.6 is 23.4 Å². The van der Waals surface area contributed by atoms with Crippen LogP contribution in [-0.4, -0.2) is 11.1 Å². The predicted octanol–water partition coefficient (Wildman–Crippen LogP) is 6.83. The molecule has 4 rings (SSSR count). The van der Waals surface area contributed by atoms with Gasteiger partial charge in [-0.05, 0) is 59.8 Å². The summed E-state index contributed by atoms with van der Waals surface area (Å²) < 4.78 is 44.4. The van der Waals surface area contributed by atoms with Gasteiger partial charge in [-0.15, -0.1) is 0 Å². The van der Waals surface area contributed by atoms with E-state index in [1.807, 2.05) is 18.2 Å². The van der Waals surface area contributed by atoms with Crippen LogP contribution in [0.4, 0.5) is 18.9 Å². The van der Waals surface area contributed by atoms with E-state index in [-0.39, 0.29) is 16.8 Å². The summed E-state index contributed by atoms with van der Waals surface area (Å²) in [7, 11) is 0. The molecule has 0 aliphatic carbocycles. The summed E-state index contributed by atoms with van der Waals surface area (Å²) in [6, 6.07) is 19.2. The van der Waals surface area contributed by atoms with Gasteiger partial charge in [0, 0.05) is 10.6 Å². The van der Waals surface area contributed by atoms with Crippen molar-refractivity contribution in [2.75, 3.05) is 0 Å². The standard InChI is InChI=1S/C24H16ClF3N2O2S/c25-20-7-2-1-4-16(20)14-32-19-10-8-15(9-11-19)12-21-22(31)30-23(33-21)29-18-6-3-5-17(13-18)24(26,27)28/h1-13H,14H2,(H,29,30,31). The number of ether oxygens (including phenoxy) is 1. The molecular formula is C24H16ClF3N2O2S. The Kier molecular flexibility index (Phi) is 6.76. The van der Waals surface area contributed by atoms with Gasteiger partial charge < -0.3 is 10.1 Å². The molecule has 0 saturated carbocycles. The smallest absolute Gasteiger partial charge is 0.416 e. The summed E-state index contributed by atoms with van der Waals surface area (Å²) in [6.45, 7) is 0.327. The van der Waals surface area contributed by atoms with Crippen LogP contribution in [-0.2, 0) is 17.6 Å². The average Bonchev–Trinajstić information content (AvgIpc) is 3.12. The predicted molar refractivity (Wildman–Crippen MR) is 124 cm³/mol. The fourth-order valence-electron chi connectivity index (χ4n) is 2.94. The molecule has 4 nitrogen and oxygen atoms in total. The second kappa shape index (κ2) is 9.72. The van der Waals surface area contributed by atoms with Crippen LogP contribution < -0.4 is 10.1 Å². The first-order chi connectivity index (χ1) is 15.8. The summed E-state index contributed by atoms with van der Waals surface area (Å²) in [5.74, 6) is 0.275. The normalized spacial score (nSPS) is 16.3. The summed E-state index contributed by atoms with van der Waals surface area (Å²) in [6.07, 6.45) is -2.79. The van der Waals surface area contributed by atoms with Gasteiger partial charge in [0.05, 0.1) is 16.2 Å². The molecule has 33 heavy (non-hydrogen) atoms. The van der Waals surface area contributed by atoms with E-state index in [9.17, 15) is 18.0 Å². The number of rotatable bonds is 5. The van der Waals surface area contributed by atoms with Gasteiger partial charge in [-0.3, -0.25) is 4.79 Å². The number of hydrogen-bond acceptors (Lipinski definition) is 4. The largest absolute Gasteiger partial charge is 0.489 e. The Morgan fingerprint density at radius 1 is 1.03 bits per heavy atom. The zero-order valence-electron chi connectivity index (χ0n) is 16.9. The Morgan fingerprint density at radius 3 is 2.52 bits per heavy atom. The minimum absolute atomic E-state index is 0.105. The molecule has 3 aromatic rings. The monoisotopic (exact) mass is 488 g/mol. The number of halogens is 4.